The zero-order chi connectivity index (χ0) is 26.2. The monoisotopic (exact) mass is 525 g/mol. The highest BCUT2D eigenvalue weighted by Crippen LogP contribution is 2.59. The van der Waals surface area contributed by atoms with E-state index < -0.39 is 41.5 Å². The maximum atomic E-state index is 14.1. The van der Waals surface area contributed by atoms with Gasteiger partial charge in [-0.15, -0.1) is 0 Å². The molecule has 0 saturated carbocycles. The molecule has 3 aliphatic heterocycles. The van der Waals surface area contributed by atoms with Crippen molar-refractivity contribution in [3.05, 3.63) is 65.2 Å². The van der Waals surface area contributed by atoms with Crippen LogP contribution in [0.5, 0.6) is 0 Å². The lowest BCUT2D eigenvalue weighted by molar-refractivity contribution is -0.144. The van der Waals surface area contributed by atoms with E-state index >= 15 is 0 Å². The predicted octanol–water partition coefficient (Wildman–Crippen LogP) is 2.78. The number of aliphatic hydroxyl groups excluding tert-OH is 1. The standard InChI is InChI=1S/C28H32ClN3O5/c1-2-14-30-25(34)22-21-12-13-28(37-21)23(22)27(36)32(18(16-33)15-17-8-4-3-5-9-17)24(28)26(35)31-20-11-7-6-10-19(20)29/h3-11,18,21-24,33H,2,12-16H2,1H3,(H,30,34)(H,31,35)/t18-,21-,22+,23+,24?,28?/m1/s1. The lowest BCUT2D eigenvalue weighted by Gasteiger charge is -2.36. The summed E-state index contributed by atoms with van der Waals surface area (Å²) in [4.78, 5) is 42.8. The number of fused-ring (bicyclic) bond motifs is 1. The number of carbonyl (C=O) groups is 3. The summed E-state index contributed by atoms with van der Waals surface area (Å²) in [5, 5.41) is 16.6. The van der Waals surface area contributed by atoms with Crippen LogP contribution in [0.2, 0.25) is 5.02 Å². The summed E-state index contributed by atoms with van der Waals surface area (Å²) in [5.41, 5.74) is 0.206. The second kappa shape index (κ2) is 10.4. The second-order valence-corrected chi connectivity index (χ2v) is 10.5. The Kier molecular flexibility index (Phi) is 7.25. The van der Waals surface area contributed by atoms with Gasteiger partial charge in [-0.2, -0.15) is 0 Å². The number of hydrogen-bond donors (Lipinski definition) is 3. The number of likely N-dealkylation sites (tertiary alicyclic amines) is 1. The summed E-state index contributed by atoms with van der Waals surface area (Å²) >= 11 is 6.32. The third-order valence-corrected chi connectivity index (χ3v) is 8.22. The van der Waals surface area contributed by atoms with E-state index in [2.05, 4.69) is 10.6 Å². The number of hydrogen-bond acceptors (Lipinski definition) is 5. The van der Waals surface area contributed by atoms with Gasteiger partial charge in [0.2, 0.25) is 17.7 Å². The Labute approximate surface area is 221 Å². The smallest absolute Gasteiger partial charge is 0.250 e. The average Bonchev–Trinajstić information content (AvgIpc) is 3.55. The molecule has 6 atom stereocenters. The molecule has 3 heterocycles. The van der Waals surface area contributed by atoms with Crippen molar-refractivity contribution in [2.24, 2.45) is 11.8 Å². The van der Waals surface area contributed by atoms with Crippen LogP contribution in [0.4, 0.5) is 5.69 Å². The Morgan fingerprint density at radius 1 is 1.16 bits per heavy atom. The number of amides is 3. The fourth-order valence-electron chi connectivity index (χ4n) is 6.35. The van der Waals surface area contributed by atoms with Gasteiger partial charge in [-0.25, -0.2) is 0 Å². The van der Waals surface area contributed by atoms with Crippen molar-refractivity contribution in [2.75, 3.05) is 18.5 Å². The van der Waals surface area contributed by atoms with E-state index in [0.29, 0.717) is 36.5 Å². The molecule has 2 aromatic carbocycles. The first-order chi connectivity index (χ1) is 17.9. The number of para-hydroxylation sites is 1. The van der Waals surface area contributed by atoms with E-state index in [4.69, 9.17) is 16.3 Å². The van der Waals surface area contributed by atoms with Crippen molar-refractivity contribution < 1.29 is 24.2 Å². The van der Waals surface area contributed by atoms with E-state index in [1.807, 2.05) is 37.3 Å². The number of carbonyl (C=O) groups excluding carboxylic acids is 3. The molecular weight excluding hydrogens is 494 g/mol. The van der Waals surface area contributed by atoms with Crippen LogP contribution in [0, 0.1) is 11.8 Å². The molecule has 3 N–H and O–H groups in total. The molecular formula is C28H32ClN3O5. The van der Waals surface area contributed by atoms with E-state index in [0.717, 1.165) is 12.0 Å². The Morgan fingerprint density at radius 3 is 2.59 bits per heavy atom. The predicted molar refractivity (Wildman–Crippen MR) is 139 cm³/mol. The minimum absolute atomic E-state index is 0.220. The SMILES string of the molecule is CCCNC(=O)[C@@H]1[C@H]2C(=O)N([C@@H](CO)Cc3ccccc3)C(C(=O)Nc3ccccc3Cl)C23CC[C@H]1O3. The van der Waals surface area contributed by atoms with Crippen LogP contribution in [-0.2, 0) is 25.5 Å². The minimum atomic E-state index is -1.15. The summed E-state index contributed by atoms with van der Waals surface area (Å²) in [7, 11) is 0. The maximum Gasteiger partial charge on any atom is 0.250 e. The minimum Gasteiger partial charge on any atom is -0.394 e. The summed E-state index contributed by atoms with van der Waals surface area (Å²) in [6.07, 6.45) is 1.77. The number of anilines is 1. The van der Waals surface area contributed by atoms with Crippen molar-refractivity contribution in [1.29, 1.82) is 0 Å². The Hall–Kier alpha value is -2.94. The number of halogens is 1. The average molecular weight is 526 g/mol. The van der Waals surface area contributed by atoms with E-state index in [-0.39, 0.29) is 18.4 Å². The number of nitrogens with zero attached hydrogens (tertiary/aromatic N) is 1. The van der Waals surface area contributed by atoms with Gasteiger partial charge in [0.25, 0.3) is 0 Å². The molecule has 8 nitrogen and oxygen atoms in total. The van der Waals surface area contributed by atoms with Gasteiger partial charge in [0.1, 0.15) is 11.6 Å². The van der Waals surface area contributed by atoms with Crippen LogP contribution in [-0.4, -0.2) is 64.7 Å². The molecule has 2 unspecified atom stereocenters. The van der Waals surface area contributed by atoms with Crippen molar-refractivity contribution in [3.8, 4) is 0 Å². The van der Waals surface area contributed by atoms with Gasteiger partial charge in [0.15, 0.2) is 0 Å². The van der Waals surface area contributed by atoms with Gasteiger partial charge in [-0.05, 0) is 43.4 Å². The lowest BCUT2D eigenvalue weighted by Crippen LogP contribution is -2.56. The molecule has 3 aliphatic rings. The Bertz CT molecular complexity index is 1180. The van der Waals surface area contributed by atoms with Crippen molar-refractivity contribution in [3.63, 3.8) is 0 Å². The summed E-state index contributed by atoms with van der Waals surface area (Å²) in [6, 6.07) is 14.7. The topological polar surface area (TPSA) is 108 Å². The number of nitrogens with one attached hydrogen (secondary N) is 2. The first-order valence-corrected chi connectivity index (χ1v) is 13.3. The van der Waals surface area contributed by atoms with Crippen molar-refractivity contribution >= 4 is 35.0 Å². The van der Waals surface area contributed by atoms with Crippen LogP contribution in [0.15, 0.2) is 54.6 Å². The summed E-state index contributed by atoms with van der Waals surface area (Å²) in [6.45, 7) is 2.13. The van der Waals surface area contributed by atoms with Crippen molar-refractivity contribution in [2.45, 2.75) is 56.4 Å². The molecule has 3 amide bonds. The van der Waals surface area contributed by atoms with Crippen LogP contribution < -0.4 is 10.6 Å². The normalized spacial score (nSPS) is 28.7. The molecule has 2 bridgehead atoms. The van der Waals surface area contributed by atoms with Crippen molar-refractivity contribution in [1.82, 2.24) is 10.2 Å². The maximum absolute atomic E-state index is 14.1. The van der Waals surface area contributed by atoms with E-state index in [9.17, 15) is 19.5 Å². The molecule has 0 aromatic heterocycles. The third-order valence-electron chi connectivity index (χ3n) is 7.89. The molecule has 9 heteroatoms. The van der Waals surface area contributed by atoms with Gasteiger partial charge in [-0.3, -0.25) is 14.4 Å². The third kappa shape index (κ3) is 4.41. The molecule has 37 heavy (non-hydrogen) atoms. The quantitative estimate of drug-likeness (QED) is 0.466. The molecule has 3 saturated heterocycles. The lowest BCUT2D eigenvalue weighted by atomic mass is 9.70. The van der Waals surface area contributed by atoms with Gasteiger partial charge in [0.05, 0.1) is 41.3 Å². The van der Waals surface area contributed by atoms with E-state index in [1.54, 1.807) is 24.3 Å². The molecule has 0 radical (unpaired) electrons. The fraction of sp³-hybridized carbons (Fsp3) is 0.464. The first-order valence-electron chi connectivity index (χ1n) is 12.9. The van der Waals surface area contributed by atoms with E-state index in [1.165, 1.54) is 4.90 Å². The Balaban J connectivity index is 1.53. The Morgan fingerprint density at radius 2 is 1.89 bits per heavy atom. The summed E-state index contributed by atoms with van der Waals surface area (Å²) < 4.78 is 6.45. The molecule has 5 rings (SSSR count). The number of aliphatic hydroxyl groups is 1. The molecule has 1 spiro atoms. The van der Waals surface area contributed by atoms with Crippen LogP contribution in [0.25, 0.3) is 0 Å². The largest absolute Gasteiger partial charge is 0.394 e. The molecule has 196 valence electrons. The highest BCUT2D eigenvalue weighted by atomic mass is 35.5. The molecule has 3 fully saturated rings. The number of rotatable bonds is 9. The van der Waals surface area contributed by atoms with Crippen LogP contribution >= 0.6 is 11.6 Å². The number of ether oxygens (including phenoxy) is 1. The molecule has 2 aromatic rings. The fourth-order valence-corrected chi connectivity index (χ4v) is 6.53. The van der Waals surface area contributed by atoms with Gasteiger partial charge in [-0.1, -0.05) is 61.0 Å². The highest BCUT2D eigenvalue weighted by molar-refractivity contribution is 6.33. The number of benzene rings is 2. The summed E-state index contributed by atoms with van der Waals surface area (Å²) in [5.74, 6) is -2.46. The highest BCUT2D eigenvalue weighted by Gasteiger charge is 2.75. The van der Waals surface area contributed by atoms with Crippen LogP contribution in [0.1, 0.15) is 31.7 Å². The molecule has 0 aliphatic carbocycles. The van der Waals surface area contributed by atoms with Gasteiger partial charge in [0, 0.05) is 6.54 Å². The first kappa shape index (κ1) is 25.7. The van der Waals surface area contributed by atoms with Gasteiger partial charge >= 0.3 is 0 Å². The zero-order valence-electron chi connectivity index (χ0n) is 20.7. The second-order valence-electron chi connectivity index (χ2n) is 10.1. The zero-order valence-corrected chi connectivity index (χ0v) is 21.5. The van der Waals surface area contributed by atoms with Gasteiger partial charge < -0.3 is 25.4 Å². The van der Waals surface area contributed by atoms with Crippen LogP contribution in [0.3, 0.4) is 0 Å².